The number of carbonyl (C=O) groups is 4. The average molecular weight is 1290 g/mol. The van der Waals surface area contributed by atoms with Crippen LogP contribution in [0.3, 0.4) is 0 Å². The monoisotopic (exact) mass is 1290 g/mol. The van der Waals surface area contributed by atoms with Crippen LogP contribution in [0, 0.1) is 23.7 Å². The molecule has 0 bridgehead atoms. The molecule has 0 amide bonds. The number of unbranched alkanes of at least 4 members (excludes halogenated alkanes) is 44. The molecular formula is C78H156O12. The third kappa shape index (κ3) is 96.8. The molecule has 0 aliphatic rings. The smallest absolute Gasteiger partial charge is 0.305 e. The first kappa shape index (κ1) is 94.1. The lowest BCUT2D eigenvalue weighted by molar-refractivity contribution is -0.148. The molecule has 0 aromatic carbocycles. The summed E-state index contributed by atoms with van der Waals surface area (Å²) in [5.41, 5.74) is 0. The van der Waals surface area contributed by atoms with E-state index in [-0.39, 0.29) is 38.4 Å². The number of rotatable bonds is 66. The van der Waals surface area contributed by atoms with Crippen molar-refractivity contribution in [1.82, 2.24) is 0 Å². The first-order valence-corrected chi connectivity index (χ1v) is 38.7. The maximum Gasteiger partial charge on any atom is 0.305 e. The van der Waals surface area contributed by atoms with E-state index in [1.54, 1.807) is 0 Å². The van der Waals surface area contributed by atoms with Crippen molar-refractivity contribution >= 4 is 23.9 Å². The fourth-order valence-corrected chi connectivity index (χ4v) is 11.0. The van der Waals surface area contributed by atoms with Gasteiger partial charge in [0.2, 0.25) is 0 Å². The Balaban J connectivity index is -0.000000551. The van der Waals surface area contributed by atoms with Gasteiger partial charge in [0.05, 0.1) is 13.2 Å². The van der Waals surface area contributed by atoms with Gasteiger partial charge in [-0.05, 0) is 49.4 Å². The molecule has 2 unspecified atom stereocenters. The van der Waals surface area contributed by atoms with Crippen LogP contribution in [0.5, 0.6) is 0 Å². The maximum atomic E-state index is 11.4. The van der Waals surface area contributed by atoms with Crippen LogP contribution in [0.4, 0.5) is 0 Å². The molecule has 0 fully saturated rings. The molecule has 0 spiro atoms. The summed E-state index contributed by atoms with van der Waals surface area (Å²) in [6, 6.07) is 0. The number of hydrogen-bond acceptors (Lipinski definition) is 10. The summed E-state index contributed by atoms with van der Waals surface area (Å²) in [6.07, 6.45) is 67.0. The van der Waals surface area contributed by atoms with E-state index in [0.717, 1.165) is 75.0 Å². The summed E-state index contributed by atoms with van der Waals surface area (Å²) in [7, 11) is 0. The van der Waals surface area contributed by atoms with Crippen LogP contribution in [-0.4, -0.2) is 93.2 Å². The molecule has 6 N–H and O–H groups in total. The molecule has 540 valence electrons. The maximum absolute atomic E-state index is 11.4. The molecule has 0 aromatic heterocycles. The van der Waals surface area contributed by atoms with E-state index in [0.29, 0.717) is 25.7 Å². The number of ether oxygens (including phenoxy) is 2. The second-order valence-electron chi connectivity index (χ2n) is 28.5. The summed E-state index contributed by atoms with van der Waals surface area (Å²) in [5, 5.41) is 52.4. The van der Waals surface area contributed by atoms with Crippen LogP contribution in [0.25, 0.3) is 0 Å². The second-order valence-corrected chi connectivity index (χ2v) is 28.5. The normalized spacial score (nSPS) is 11.9. The molecule has 12 heteroatoms. The minimum absolute atomic E-state index is 0.104. The minimum atomic E-state index is -0.955. The Morgan fingerprint density at radius 3 is 0.533 bits per heavy atom. The van der Waals surface area contributed by atoms with Crippen molar-refractivity contribution in [1.29, 1.82) is 0 Å². The molecule has 0 saturated heterocycles. The molecule has 90 heavy (non-hydrogen) atoms. The SMILES string of the molecule is CC(C)CCCCCCCCCCCCCCC(=O)O.CC(C)CCCCCCCCCCCCCCC(=O)O.CC(C)CCCCCCCCCCCCCCC(=O)OCC(O)CO.CC(C)CCCCCCCCCCCCCCC(=O)OCC(O)CO. The van der Waals surface area contributed by atoms with Crippen LogP contribution < -0.4 is 0 Å². The lowest BCUT2D eigenvalue weighted by Gasteiger charge is -2.08. The number of esters is 2. The highest BCUT2D eigenvalue weighted by atomic mass is 16.5. The quantitative estimate of drug-likeness (QED) is 0.0248. The summed E-state index contributed by atoms with van der Waals surface area (Å²) in [6.45, 7) is 17.5. The van der Waals surface area contributed by atoms with Crippen LogP contribution in [-0.2, 0) is 28.7 Å². The molecule has 0 radical (unpaired) electrons. The molecule has 2 atom stereocenters. The molecule has 0 aliphatic carbocycles. The number of hydrogen-bond donors (Lipinski definition) is 6. The number of carbonyl (C=O) groups excluding carboxylic acids is 2. The summed E-state index contributed by atoms with van der Waals surface area (Å²) in [4.78, 5) is 43.4. The van der Waals surface area contributed by atoms with Crippen molar-refractivity contribution in [3.8, 4) is 0 Å². The molecule has 0 heterocycles. The van der Waals surface area contributed by atoms with E-state index < -0.39 is 24.1 Å². The highest BCUT2D eigenvalue weighted by molar-refractivity contribution is 5.69. The Morgan fingerprint density at radius 1 is 0.244 bits per heavy atom. The molecule has 0 saturated carbocycles. The van der Waals surface area contributed by atoms with Gasteiger partial charge < -0.3 is 40.1 Å². The van der Waals surface area contributed by atoms with Gasteiger partial charge in [0, 0.05) is 25.7 Å². The molecule has 12 nitrogen and oxygen atoms in total. The van der Waals surface area contributed by atoms with Crippen molar-refractivity contribution in [2.45, 2.75) is 427 Å². The van der Waals surface area contributed by atoms with E-state index in [1.165, 1.54) is 283 Å². The first-order valence-electron chi connectivity index (χ1n) is 38.7. The Labute approximate surface area is 557 Å². The largest absolute Gasteiger partial charge is 0.481 e. The molecular weight excluding hydrogens is 1130 g/mol. The van der Waals surface area contributed by atoms with Gasteiger partial charge in [-0.25, -0.2) is 0 Å². The summed E-state index contributed by atoms with van der Waals surface area (Å²) in [5.74, 6) is 1.57. The summed E-state index contributed by atoms with van der Waals surface area (Å²) >= 11 is 0. The first-order chi connectivity index (χ1) is 43.4. The van der Waals surface area contributed by atoms with Gasteiger partial charge in [-0.15, -0.1) is 0 Å². The second kappa shape index (κ2) is 79.2. The third-order valence-corrected chi connectivity index (χ3v) is 17.0. The van der Waals surface area contributed by atoms with Gasteiger partial charge in [0.25, 0.3) is 0 Å². The van der Waals surface area contributed by atoms with E-state index in [2.05, 4.69) is 55.4 Å². The van der Waals surface area contributed by atoms with Crippen molar-refractivity contribution in [2.75, 3.05) is 26.4 Å². The highest BCUT2D eigenvalue weighted by Crippen LogP contribution is 2.19. The minimum Gasteiger partial charge on any atom is -0.481 e. The van der Waals surface area contributed by atoms with Crippen LogP contribution >= 0.6 is 0 Å². The lowest BCUT2D eigenvalue weighted by atomic mass is 10.0. The summed E-state index contributed by atoms with van der Waals surface area (Å²) < 4.78 is 9.73. The average Bonchev–Trinajstić information content (AvgIpc) is 3.53. The predicted octanol–water partition coefficient (Wildman–Crippen LogP) is 22.4. The fraction of sp³-hybridized carbons (Fsp3) is 0.949. The number of aliphatic hydroxyl groups is 4. The zero-order valence-corrected chi connectivity index (χ0v) is 61.0. The lowest BCUT2D eigenvalue weighted by Crippen LogP contribution is -2.21. The van der Waals surface area contributed by atoms with E-state index in [9.17, 15) is 19.2 Å². The Bertz CT molecular complexity index is 1320. The van der Waals surface area contributed by atoms with Gasteiger partial charge >= 0.3 is 23.9 Å². The van der Waals surface area contributed by atoms with Crippen molar-refractivity contribution < 1.29 is 59.3 Å². The Morgan fingerprint density at radius 2 is 0.389 bits per heavy atom. The number of carboxylic acids is 2. The van der Waals surface area contributed by atoms with Crippen molar-refractivity contribution in [2.24, 2.45) is 23.7 Å². The number of aliphatic hydroxyl groups excluding tert-OH is 4. The zero-order chi connectivity index (χ0) is 67.6. The zero-order valence-electron chi connectivity index (χ0n) is 61.0. The predicted molar refractivity (Wildman–Crippen MR) is 381 cm³/mol. The van der Waals surface area contributed by atoms with Crippen LogP contribution in [0.1, 0.15) is 415 Å². The standard InChI is InChI=1S/2C21H42O4.2C18H36O2/c2*1-19(2)15-13-11-9-7-5-3-4-6-8-10-12-14-16-21(24)25-18-20(23)17-22;2*1-17(2)15-13-11-9-7-5-3-4-6-8-10-12-14-16-18(19)20/h2*19-20,22-23H,3-18H2,1-2H3;2*17H,3-16H2,1-2H3,(H,19,20). The van der Waals surface area contributed by atoms with Gasteiger partial charge in [0.15, 0.2) is 0 Å². The van der Waals surface area contributed by atoms with Gasteiger partial charge in [-0.2, -0.15) is 0 Å². The number of aliphatic carboxylic acids is 2. The highest BCUT2D eigenvalue weighted by Gasteiger charge is 2.09. The van der Waals surface area contributed by atoms with Crippen LogP contribution in [0.15, 0.2) is 0 Å². The van der Waals surface area contributed by atoms with Crippen LogP contribution in [0.2, 0.25) is 0 Å². The fourth-order valence-electron chi connectivity index (χ4n) is 11.0. The van der Waals surface area contributed by atoms with E-state index >= 15 is 0 Å². The van der Waals surface area contributed by atoms with Crippen molar-refractivity contribution in [3.63, 3.8) is 0 Å². The van der Waals surface area contributed by atoms with Gasteiger partial charge in [0.1, 0.15) is 25.4 Å². The third-order valence-electron chi connectivity index (χ3n) is 17.0. The Hall–Kier alpha value is -2.28. The molecule has 0 aliphatic heterocycles. The van der Waals surface area contributed by atoms with E-state index in [4.69, 9.17) is 40.1 Å². The number of carboxylic acid groups (broad SMARTS) is 2. The molecule has 0 rings (SSSR count). The molecule has 0 aromatic rings. The topological polar surface area (TPSA) is 208 Å². The van der Waals surface area contributed by atoms with Gasteiger partial charge in [-0.3, -0.25) is 19.2 Å². The Kier molecular flexibility index (Phi) is 82.8. The van der Waals surface area contributed by atoms with Gasteiger partial charge in [-0.1, -0.05) is 364 Å². The van der Waals surface area contributed by atoms with E-state index in [1.807, 2.05) is 0 Å². The van der Waals surface area contributed by atoms with Crippen molar-refractivity contribution in [3.05, 3.63) is 0 Å².